The highest BCUT2D eigenvalue weighted by molar-refractivity contribution is 5.44. The summed E-state index contributed by atoms with van der Waals surface area (Å²) in [6, 6.07) is 0.519. The normalized spacial score (nSPS) is 36.2. The van der Waals surface area contributed by atoms with Crippen molar-refractivity contribution in [3.8, 4) is 0 Å². The first kappa shape index (κ1) is 11.4. The van der Waals surface area contributed by atoms with Gasteiger partial charge in [0, 0.05) is 30.9 Å². The Hall–Kier alpha value is -1.42. The molecule has 2 saturated heterocycles. The molecule has 4 nitrogen and oxygen atoms in total. The van der Waals surface area contributed by atoms with Gasteiger partial charge < -0.3 is 19.3 Å². The summed E-state index contributed by atoms with van der Waals surface area (Å²) in [5.41, 5.74) is 1.16. The number of allylic oxidation sites excluding steroid dienone is 1. The van der Waals surface area contributed by atoms with Gasteiger partial charge in [0.05, 0.1) is 7.11 Å². The van der Waals surface area contributed by atoms with Gasteiger partial charge in [0.15, 0.2) is 5.76 Å². The van der Waals surface area contributed by atoms with Gasteiger partial charge in [-0.15, -0.1) is 0 Å². The van der Waals surface area contributed by atoms with Crippen LogP contribution < -0.4 is 0 Å². The standard InChI is InChI=1S/C15H20N2O2/c1-18-15-14-12(4-7-19-14)3-6-17(15)13-8-11-2-5-16(9-11)10-13/h3-4,6,11,13H,2,5,7-10H2,1H3/t11-,13-/m1/s1. The lowest BCUT2D eigenvalue weighted by Gasteiger charge is -2.39. The van der Waals surface area contributed by atoms with Crippen molar-refractivity contribution >= 4 is 0 Å². The summed E-state index contributed by atoms with van der Waals surface area (Å²) < 4.78 is 11.3. The Morgan fingerprint density at radius 1 is 1.37 bits per heavy atom. The lowest BCUT2D eigenvalue weighted by Crippen LogP contribution is -2.45. The van der Waals surface area contributed by atoms with Crippen molar-refractivity contribution in [1.29, 1.82) is 0 Å². The molecule has 0 N–H and O–H groups in total. The smallest absolute Gasteiger partial charge is 0.237 e. The highest BCUT2D eigenvalue weighted by Gasteiger charge is 2.38. The fourth-order valence-corrected chi connectivity index (χ4v) is 3.78. The van der Waals surface area contributed by atoms with Gasteiger partial charge in [-0.2, -0.15) is 0 Å². The number of fused-ring (bicyclic) bond motifs is 3. The van der Waals surface area contributed by atoms with Crippen LogP contribution in [0, 0.1) is 5.92 Å². The molecule has 0 aromatic rings. The van der Waals surface area contributed by atoms with E-state index in [1.54, 1.807) is 7.11 Å². The fraction of sp³-hybridized carbons (Fsp3) is 0.600. The van der Waals surface area contributed by atoms with Gasteiger partial charge in [-0.3, -0.25) is 0 Å². The average Bonchev–Trinajstić information content (AvgIpc) is 3.03. The third-order valence-electron chi connectivity index (χ3n) is 4.67. The predicted octanol–water partition coefficient (Wildman–Crippen LogP) is 1.68. The Morgan fingerprint density at radius 3 is 3.16 bits per heavy atom. The SMILES string of the molecule is COC1=C2OCC=C2C=CN1[C@@H]1C[C@H]2CCN(C2)C1. The van der Waals surface area contributed by atoms with Gasteiger partial charge >= 0.3 is 0 Å². The van der Waals surface area contributed by atoms with Crippen LogP contribution >= 0.6 is 0 Å². The lowest BCUT2D eigenvalue weighted by atomic mass is 9.95. The molecule has 0 aromatic heterocycles. The van der Waals surface area contributed by atoms with E-state index in [1.165, 1.54) is 25.9 Å². The zero-order valence-electron chi connectivity index (χ0n) is 11.3. The molecular weight excluding hydrogens is 240 g/mol. The molecule has 4 rings (SSSR count). The Morgan fingerprint density at radius 2 is 2.32 bits per heavy atom. The van der Waals surface area contributed by atoms with Gasteiger partial charge in [-0.05, 0) is 37.5 Å². The number of ether oxygens (including phenoxy) is 2. The molecule has 2 fully saturated rings. The van der Waals surface area contributed by atoms with Gasteiger partial charge in [-0.25, -0.2) is 0 Å². The minimum Gasteiger partial charge on any atom is -0.483 e. The van der Waals surface area contributed by atoms with Gasteiger partial charge in [0.1, 0.15) is 6.61 Å². The molecule has 1 unspecified atom stereocenters. The lowest BCUT2D eigenvalue weighted by molar-refractivity contribution is 0.0865. The number of hydrogen-bond acceptors (Lipinski definition) is 4. The first-order chi connectivity index (χ1) is 9.35. The van der Waals surface area contributed by atoms with E-state index in [0.717, 1.165) is 29.7 Å². The first-order valence-corrected chi connectivity index (χ1v) is 7.15. The van der Waals surface area contributed by atoms with Crippen LogP contribution in [0.1, 0.15) is 12.8 Å². The van der Waals surface area contributed by atoms with E-state index >= 15 is 0 Å². The minimum absolute atomic E-state index is 0.519. The quantitative estimate of drug-likeness (QED) is 0.754. The molecule has 0 aromatic carbocycles. The topological polar surface area (TPSA) is 24.9 Å². The summed E-state index contributed by atoms with van der Waals surface area (Å²) in [6.45, 7) is 4.35. The molecule has 4 aliphatic heterocycles. The zero-order chi connectivity index (χ0) is 12.8. The van der Waals surface area contributed by atoms with E-state index in [2.05, 4.69) is 28.2 Å². The molecule has 4 aliphatic rings. The van der Waals surface area contributed by atoms with Gasteiger partial charge in [0.2, 0.25) is 5.88 Å². The third-order valence-corrected chi connectivity index (χ3v) is 4.67. The maximum atomic E-state index is 5.71. The highest BCUT2D eigenvalue weighted by atomic mass is 16.5. The van der Waals surface area contributed by atoms with Crippen LogP contribution in [0.15, 0.2) is 35.6 Å². The van der Waals surface area contributed by atoms with Crippen LogP contribution in [0.2, 0.25) is 0 Å². The molecule has 19 heavy (non-hydrogen) atoms. The molecule has 0 saturated carbocycles. The van der Waals surface area contributed by atoms with Crippen molar-refractivity contribution in [3.63, 3.8) is 0 Å². The second-order valence-corrected chi connectivity index (χ2v) is 5.84. The Labute approximate surface area is 114 Å². The van der Waals surface area contributed by atoms with Crippen LogP contribution in [0.4, 0.5) is 0 Å². The molecule has 0 radical (unpaired) electrons. The van der Waals surface area contributed by atoms with Gasteiger partial charge in [-0.1, -0.05) is 0 Å². The second kappa shape index (κ2) is 4.30. The fourth-order valence-electron chi connectivity index (χ4n) is 3.78. The van der Waals surface area contributed by atoms with Crippen molar-refractivity contribution < 1.29 is 9.47 Å². The average molecular weight is 260 g/mol. The van der Waals surface area contributed by atoms with E-state index < -0.39 is 0 Å². The van der Waals surface area contributed by atoms with Crippen molar-refractivity contribution in [2.75, 3.05) is 33.4 Å². The zero-order valence-corrected chi connectivity index (χ0v) is 11.3. The Balaban J connectivity index is 1.62. The molecule has 0 spiro atoms. The number of nitrogens with zero attached hydrogens (tertiary/aromatic N) is 2. The molecule has 102 valence electrons. The summed E-state index contributed by atoms with van der Waals surface area (Å²) in [5.74, 6) is 2.66. The predicted molar refractivity (Wildman–Crippen MR) is 72.0 cm³/mol. The molecular formula is C15H20N2O2. The molecule has 3 atom stereocenters. The van der Waals surface area contributed by atoms with E-state index in [4.69, 9.17) is 9.47 Å². The molecule has 0 amide bonds. The van der Waals surface area contributed by atoms with Crippen LogP contribution in [0.25, 0.3) is 0 Å². The van der Waals surface area contributed by atoms with Crippen molar-refractivity contribution in [3.05, 3.63) is 35.6 Å². The van der Waals surface area contributed by atoms with Crippen LogP contribution in [-0.2, 0) is 9.47 Å². The Bertz CT molecular complexity index is 469. The molecule has 0 aliphatic carbocycles. The van der Waals surface area contributed by atoms with Crippen molar-refractivity contribution in [2.45, 2.75) is 18.9 Å². The van der Waals surface area contributed by atoms with Crippen molar-refractivity contribution in [1.82, 2.24) is 9.80 Å². The Kier molecular flexibility index (Phi) is 2.58. The van der Waals surface area contributed by atoms with Gasteiger partial charge in [0.25, 0.3) is 0 Å². The van der Waals surface area contributed by atoms with Crippen LogP contribution in [-0.4, -0.2) is 49.2 Å². The number of rotatable bonds is 2. The largest absolute Gasteiger partial charge is 0.483 e. The minimum atomic E-state index is 0.519. The summed E-state index contributed by atoms with van der Waals surface area (Å²) in [4.78, 5) is 4.86. The number of methoxy groups -OCH3 is 1. The summed E-state index contributed by atoms with van der Waals surface area (Å²) >= 11 is 0. The molecule has 4 heteroatoms. The first-order valence-electron chi connectivity index (χ1n) is 7.15. The molecule has 4 heterocycles. The molecule has 2 bridgehead atoms. The maximum Gasteiger partial charge on any atom is 0.237 e. The van der Waals surface area contributed by atoms with E-state index in [-0.39, 0.29) is 0 Å². The summed E-state index contributed by atoms with van der Waals surface area (Å²) in [6.07, 6.45) is 9.04. The monoisotopic (exact) mass is 260 g/mol. The third kappa shape index (κ3) is 1.77. The van der Waals surface area contributed by atoms with Crippen molar-refractivity contribution in [2.24, 2.45) is 5.92 Å². The number of piperidine rings is 1. The van der Waals surface area contributed by atoms with E-state index in [1.807, 2.05) is 0 Å². The van der Waals surface area contributed by atoms with Crippen LogP contribution in [0.5, 0.6) is 0 Å². The van der Waals surface area contributed by atoms with E-state index in [9.17, 15) is 0 Å². The second-order valence-electron chi connectivity index (χ2n) is 5.84. The maximum absolute atomic E-state index is 5.71. The number of hydrogen-bond donors (Lipinski definition) is 0. The highest BCUT2D eigenvalue weighted by Crippen LogP contribution is 2.36. The van der Waals surface area contributed by atoms with E-state index in [0.29, 0.717) is 12.6 Å². The van der Waals surface area contributed by atoms with Crippen LogP contribution in [0.3, 0.4) is 0 Å². The summed E-state index contributed by atoms with van der Waals surface area (Å²) in [7, 11) is 1.74. The summed E-state index contributed by atoms with van der Waals surface area (Å²) in [5, 5.41) is 0.